The Kier molecular flexibility index (Phi) is 4.02. The van der Waals surface area contributed by atoms with Crippen LogP contribution in [0.25, 0.3) is 0 Å². The Morgan fingerprint density at radius 3 is 2.71 bits per heavy atom. The summed E-state index contributed by atoms with van der Waals surface area (Å²) in [6, 6.07) is 9.25. The van der Waals surface area contributed by atoms with Crippen molar-refractivity contribution in [3.05, 3.63) is 52.4 Å². The van der Waals surface area contributed by atoms with Gasteiger partial charge in [0, 0.05) is 11.0 Å². The summed E-state index contributed by atoms with van der Waals surface area (Å²) in [5.74, 6) is -0.195. The Morgan fingerprint density at radius 2 is 2.06 bits per heavy atom. The lowest BCUT2D eigenvalue weighted by Crippen LogP contribution is -2.12. The molecule has 1 aromatic heterocycles. The van der Waals surface area contributed by atoms with E-state index in [1.54, 1.807) is 6.07 Å². The molecule has 0 saturated carbocycles. The first-order chi connectivity index (χ1) is 8.22. The standard InChI is InChI=1S/C12H9Br2NO2/c13-7-8-3-1-2-4-10(8)15-12(16)9-5-6-17-11(9)14/h1-6H,7H2,(H,15,16). The lowest BCUT2D eigenvalue weighted by Gasteiger charge is -2.08. The molecule has 0 aliphatic rings. The molecule has 1 heterocycles. The molecule has 2 aromatic rings. The van der Waals surface area contributed by atoms with Crippen LogP contribution in [-0.2, 0) is 5.33 Å². The third-order valence-electron chi connectivity index (χ3n) is 2.27. The van der Waals surface area contributed by atoms with Gasteiger partial charge in [-0.15, -0.1) is 0 Å². The van der Waals surface area contributed by atoms with Gasteiger partial charge in [0.05, 0.1) is 11.8 Å². The van der Waals surface area contributed by atoms with E-state index in [2.05, 4.69) is 37.2 Å². The van der Waals surface area contributed by atoms with Crippen LogP contribution in [0.15, 0.2) is 45.7 Å². The highest BCUT2D eigenvalue weighted by atomic mass is 79.9. The summed E-state index contributed by atoms with van der Waals surface area (Å²) < 4.78 is 5.46. The van der Waals surface area contributed by atoms with Gasteiger partial charge in [-0.1, -0.05) is 34.1 Å². The van der Waals surface area contributed by atoms with Crippen LogP contribution in [0.5, 0.6) is 0 Å². The van der Waals surface area contributed by atoms with Crippen molar-refractivity contribution in [2.75, 3.05) is 5.32 Å². The quantitative estimate of drug-likeness (QED) is 0.836. The zero-order valence-corrected chi connectivity index (χ0v) is 11.9. The SMILES string of the molecule is O=C(Nc1ccccc1CBr)c1ccoc1Br. The van der Waals surface area contributed by atoms with Crippen LogP contribution in [0.4, 0.5) is 5.69 Å². The van der Waals surface area contributed by atoms with Crippen LogP contribution < -0.4 is 5.32 Å². The fourth-order valence-corrected chi connectivity index (χ4v) is 2.31. The van der Waals surface area contributed by atoms with Gasteiger partial charge in [0.1, 0.15) is 0 Å². The van der Waals surface area contributed by atoms with Gasteiger partial charge >= 0.3 is 0 Å². The summed E-state index contributed by atoms with van der Waals surface area (Å²) in [6.07, 6.45) is 1.47. The average molecular weight is 359 g/mol. The van der Waals surface area contributed by atoms with E-state index in [1.165, 1.54) is 6.26 Å². The average Bonchev–Trinajstić information content (AvgIpc) is 2.76. The number of benzene rings is 1. The summed E-state index contributed by atoms with van der Waals surface area (Å²) in [5, 5.41) is 3.54. The van der Waals surface area contributed by atoms with E-state index in [0.717, 1.165) is 11.3 Å². The number of carbonyl (C=O) groups excluding carboxylic acids is 1. The second-order valence-electron chi connectivity index (χ2n) is 3.35. The molecule has 0 fully saturated rings. The molecule has 1 N–H and O–H groups in total. The molecule has 0 unspecified atom stereocenters. The molecule has 0 radical (unpaired) electrons. The number of anilines is 1. The minimum atomic E-state index is -0.195. The summed E-state index contributed by atoms with van der Waals surface area (Å²) >= 11 is 6.56. The molecule has 1 amide bonds. The molecule has 3 nitrogen and oxygen atoms in total. The number of nitrogens with one attached hydrogen (secondary N) is 1. The molecule has 2 rings (SSSR count). The Bertz CT molecular complexity index is 537. The van der Waals surface area contributed by atoms with Crippen molar-refractivity contribution in [3.8, 4) is 0 Å². The van der Waals surface area contributed by atoms with Gasteiger partial charge in [-0.25, -0.2) is 0 Å². The smallest absolute Gasteiger partial charge is 0.260 e. The molecular weight excluding hydrogens is 350 g/mol. The maximum atomic E-state index is 11.9. The van der Waals surface area contributed by atoms with Crippen molar-refractivity contribution in [2.24, 2.45) is 0 Å². The van der Waals surface area contributed by atoms with Crippen LogP contribution in [-0.4, -0.2) is 5.91 Å². The maximum absolute atomic E-state index is 11.9. The first kappa shape index (κ1) is 12.4. The molecule has 0 aliphatic carbocycles. The molecule has 1 aromatic carbocycles. The number of amides is 1. The predicted octanol–water partition coefficient (Wildman–Crippen LogP) is 4.19. The molecule has 0 aliphatic heterocycles. The zero-order chi connectivity index (χ0) is 12.3. The largest absolute Gasteiger partial charge is 0.457 e. The van der Waals surface area contributed by atoms with Crippen molar-refractivity contribution in [1.29, 1.82) is 0 Å². The van der Waals surface area contributed by atoms with E-state index >= 15 is 0 Å². The van der Waals surface area contributed by atoms with E-state index in [-0.39, 0.29) is 5.91 Å². The molecule has 0 atom stereocenters. The van der Waals surface area contributed by atoms with Gasteiger partial charge in [0.15, 0.2) is 4.67 Å². The number of para-hydroxylation sites is 1. The molecule has 0 bridgehead atoms. The van der Waals surface area contributed by atoms with Gasteiger partial charge in [0.25, 0.3) is 5.91 Å². The third kappa shape index (κ3) is 2.79. The number of furan rings is 1. The third-order valence-corrected chi connectivity index (χ3v) is 3.49. The van der Waals surface area contributed by atoms with Crippen molar-refractivity contribution < 1.29 is 9.21 Å². The van der Waals surface area contributed by atoms with E-state index in [9.17, 15) is 4.79 Å². The molecular formula is C12H9Br2NO2. The van der Waals surface area contributed by atoms with Crippen LogP contribution in [0.2, 0.25) is 0 Å². The van der Waals surface area contributed by atoms with Gasteiger partial charge in [-0.05, 0) is 33.6 Å². The topological polar surface area (TPSA) is 42.2 Å². The van der Waals surface area contributed by atoms with Gasteiger partial charge in [0.2, 0.25) is 0 Å². The Balaban J connectivity index is 2.22. The first-order valence-corrected chi connectivity index (χ1v) is 6.82. The van der Waals surface area contributed by atoms with Crippen molar-refractivity contribution >= 4 is 43.5 Å². The highest BCUT2D eigenvalue weighted by Crippen LogP contribution is 2.22. The Hall–Kier alpha value is -1.07. The van der Waals surface area contributed by atoms with Crippen molar-refractivity contribution in [1.82, 2.24) is 0 Å². The van der Waals surface area contributed by atoms with Gasteiger partial charge < -0.3 is 9.73 Å². The summed E-state index contributed by atoms with van der Waals surface area (Å²) in [5.41, 5.74) is 2.30. The lowest BCUT2D eigenvalue weighted by molar-refractivity contribution is 0.102. The number of carbonyl (C=O) groups is 1. The normalized spacial score (nSPS) is 10.2. The van der Waals surface area contributed by atoms with E-state index in [1.807, 2.05) is 24.3 Å². The van der Waals surface area contributed by atoms with Gasteiger partial charge in [-0.3, -0.25) is 4.79 Å². The monoisotopic (exact) mass is 357 g/mol. The van der Waals surface area contributed by atoms with Crippen LogP contribution in [0, 0.1) is 0 Å². The number of alkyl halides is 1. The minimum Gasteiger partial charge on any atom is -0.457 e. The predicted molar refractivity (Wildman–Crippen MR) is 73.4 cm³/mol. The fourth-order valence-electron chi connectivity index (χ4n) is 1.40. The van der Waals surface area contributed by atoms with E-state index in [4.69, 9.17) is 4.42 Å². The second kappa shape index (κ2) is 5.51. The molecule has 5 heteroatoms. The zero-order valence-electron chi connectivity index (χ0n) is 8.74. The second-order valence-corrected chi connectivity index (χ2v) is 4.63. The van der Waals surface area contributed by atoms with Crippen molar-refractivity contribution in [2.45, 2.75) is 5.33 Å². The molecule has 88 valence electrons. The number of hydrogen-bond donors (Lipinski definition) is 1. The summed E-state index contributed by atoms with van der Waals surface area (Å²) in [7, 11) is 0. The minimum absolute atomic E-state index is 0.195. The summed E-state index contributed by atoms with van der Waals surface area (Å²) in [6.45, 7) is 0. The Morgan fingerprint density at radius 1 is 1.29 bits per heavy atom. The number of halogens is 2. The molecule has 17 heavy (non-hydrogen) atoms. The van der Waals surface area contributed by atoms with Crippen LogP contribution in [0.1, 0.15) is 15.9 Å². The van der Waals surface area contributed by atoms with Gasteiger partial charge in [-0.2, -0.15) is 0 Å². The number of hydrogen-bond acceptors (Lipinski definition) is 2. The molecule has 0 spiro atoms. The number of rotatable bonds is 3. The Labute approximate surface area is 115 Å². The summed E-state index contributed by atoms with van der Waals surface area (Å²) in [4.78, 5) is 11.9. The first-order valence-electron chi connectivity index (χ1n) is 4.90. The fraction of sp³-hybridized carbons (Fsp3) is 0.0833. The molecule has 0 saturated heterocycles. The lowest BCUT2D eigenvalue weighted by atomic mass is 10.2. The highest BCUT2D eigenvalue weighted by Gasteiger charge is 2.13. The van der Waals surface area contributed by atoms with Crippen molar-refractivity contribution in [3.63, 3.8) is 0 Å². The van der Waals surface area contributed by atoms with E-state index in [0.29, 0.717) is 15.6 Å². The maximum Gasteiger partial charge on any atom is 0.260 e. The van der Waals surface area contributed by atoms with E-state index < -0.39 is 0 Å². The van der Waals surface area contributed by atoms with Crippen LogP contribution >= 0.6 is 31.9 Å². The van der Waals surface area contributed by atoms with Crippen LogP contribution in [0.3, 0.4) is 0 Å². The highest BCUT2D eigenvalue weighted by molar-refractivity contribution is 9.10.